The number of benzene rings is 1. The minimum atomic E-state index is 0.778. The molecule has 0 saturated carbocycles. The minimum Gasteiger partial charge on any atom is -0.454 e. The first-order chi connectivity index (χ1) is 8.20. The number of pyridine rings is 1. The zero-order valence-electron chi connectivity index (χ0n) is 9.28. The van der Waals surface area contributed by atoms with Crippen molar-refractivity contribution in [3.63, 3.8) is 0 Å². The summed E-state index contributed by atoms with van der Waals surface area (Å²) in [6.07, 6.45) is 1.76. The molecule has 88 valence electrons. The van der Waals surface area contributed by atoms with Crippen LogP contribution in [-0.4, -0.2) is 4.98 Å². The Labute approximate surface area is 117 Å². The van der Waals surface area contributed by atoms with E-state index in [0.29, 0.717) is 0 Å². The first-order valence-corrected chi connectivity index (χ1v) is 7.06. The van der Waals surface area contributed by atoms with Crippen LogP contribution in [0, 0.1) is 6.92 Å². The number of rotatable bonds is 3. The van der Waals surface area contributed by atoms with Gasteiger partial charge in [0.2, 0.25) is 0 Å². The third-order valence-electron chi connectivity index (χ3n) is 2.33. The summed E-state index contributed by atoms with van der Waals surface area (Å²) >= 11 is 6.93. The second-order valence-corrected chi connectivity index (χ2v) is 5.00. The van der Waals surface area contributed by atoms with Gasteiger partial charge in [-0.15, -0.1) is 0 Å². The molecule has 4 heteroatoms. The van der Waals surface area contributed by atoms with Gasteiger partial charge >= 0.3 is 0 Å². The van der Waals surface area contributed by atoms with Crippen molar-refractivity contribution < 1.29 is 4.74 Å². The average molecular weight is 357 g/mol. The number of alkyl halides is 1. The predicted octanol–water partition coefficient (Wildman–Crippen LogP) is 4.84. The standard InChI is InChI=1S/C13H11Br2NO/c1-9-12(3-2-6-16-9)17-13-5-4-10(8-14)7-11(13)15/h2-7H,8H2,1H3. The van der Waals surface area contributed by atoms with Crippen LogP contribution >= 0.6 is 31.9 Å². The number of nitrogens with zero attached hydrogens (tertiary/aromatic N) is 1. The Morgan fingerprint density at radius 3 is 2.71 bits per heavy atom. The van der Waals surface area contributed by atoms with Gasteiger partial charge in [0, 0.05) is 11.5 Å². The first-order valence-electron chi connectivity index (χ1n) is 5.14. The number of halogens is 2. The van der Waals surface area contributed by atoms with E-state index in [2.05, 4.69) is 36.8 Å². The SMILES string of the molecule is Cc1ncccc1Oc1ccc(CBr)cc1Br. The molecule has 17 heavy (non-hydrogen) atoms. The zero-order chi connectivity index (χ0) is 12.3. The highest BCUT2D eigenvalue weighted by molar-refractivity contribution is 9.10. The number of ether oxygens (including phenoxy) is 1. The van der Waals surface area contributed by atoms with E-state index >= 15 is 0 Å². The maximum absolute atomic E-state index is 5.81. The van der Waals surface area contributed by atoms with Gasteiger partial charge in [-0.05, 0) is 52.7 Å². The summed E-state index contributed by atoms with van der Waals surface area (Å²) in [5.41, 5.74) is 2.08. The van der Waals surface area contributed by atoms with E-state index in [0.717, 1.165) is 27.0 Å². The minimum absolute atomic E-state index is 0.778. The van der Waals surface area contributed by atoms with Crippen molar-refractivity contribution in [2.45, 2.75) is 12.3 Å². The molecule has 1 aromatic heterocycles. The molecular formula is C13H11Br2NO. The van der Waals surface area contributed by atoms with Crippen molar-refractivity contribution in [2.24, 2.45) is 0 Å². The molecule has 0 saturated heterocycles. The third kappa shape index (κ3) is 3.07. The van der Waals surface area contributed by atoms with Gasteiger partial charge in [0.15, 0.2) is 0 Å². The fourth-order valence-corrected chi connectivity index (χ4v) is 2.26. The second-order valence-electron chi connectivity index (χ2n) is 3.59. The van der Waals surface area contributed by atoms with Crippen molar-refractivity contribution in [3.05, 3.63) is 52.3 Å². The smallest absolute Gasteiger partial charge is 0.148 e. The third-order valence-corrected chi connectivity index (χ3v) is 3.60. The lowest BCUT2D eigenvalue weighted by molar-refractivity contribution is 0.472. The molecule has 2 aromatic rings. The lowest BCUT2D eigenvalue weighted by Crippen LogP contribution is -1.91. The lowest BCUT2D eigenvalue weighted by atomic mass is 10.2. The fraction of sp³-hybridized carbons (Fsp3) is 0.154. The zero-order valence-corrected chi connectivity index (χ0v) is 12.5. The molecule has 0 fully saturated rings. The van der Waals surface area contributed by atoms with Crippen molar-refractivity contribution in [3.8, 4) is 11.5 Å². The largest absolute Gasteiger partial charge is 0.454 e. The predicted molar refractivity (Wildman–Crippen MR) is 75.8 cm³/mol. The summed E-state index contributed by atoms with van der Waals surface area (Å²) in [6.45, 7) is 1.93. The lowest BCUT2D eigenvalue weighted by Gasteiger charge is -2.10. The molecular weight excluding hydrogens is 346 g/mol. The van der Waals surface area contributed by atoms with E-state index in [-0.39, 0.29) is 0 Å². The molecule has 0 amide bonds. The van der Waals surface area contributed by atoms with Gasteiger partial charge in [-0.2, -0.15) is 0 Å². The van der Waals surface area contributed by atoms with E-state index in [9.17, 15) is 0 Å². The molecule has 0 spiro atoms. The Morgan fingerprint density at radius 2 is 2.06 bits per heavy atom. The van der Waals surface area contributed by atoms with Gasteiger partial charge in [0.05, 0.1) is 10.2 Å². The van der Waals surface area contributed by atoms with Crippen LogP contribution in [-0.2, 0) is 5.33 Å². The molecule has 0 radical (unpaired) electrons. The van der Waals surface area contributed by atoms with Crippen LogP contribution in [0.4, 0.5) is 0 Å². The second kappa shape index (κ2) is 5.65. The molecule has 0 N–H and O–H groups in total. The summed E-state index contributed by atoms with van der Waals surface area (Å²) in [7, 11) is 0. The van der Waals surface area contributed by atoms with E-state index < -0.39 is 0 Å². The Hall–Kier alpha value is -0.870. The fourth-order valence-electron chi connectivity index (χ4n) is 1.41. The molecule has 1 aromatic carbocycles. The van der Waals surface area contributed by atoms with E-state index in [1.165, 1.54) is 5.56 Å². The summed E-state index contributed by atoms with van der Waals surface area (Å²) in [4.78, 5) is 4.19. The van der Waals surface area contributed by atoms with Crippen LogP contribution in [0.2, 0.25) is 0 Å². The van der Waals surface area contributed by atoms with E-state index in [1.807, 2.05) is 37.3 Å². The Morgan fingerprint density at radius 1 is 1.24 bits per heavy atom. The van der Waals surface area contributed by atoms with Crippen LogP contribution < -0.4 is 4.74 Å². The first kappa shape index (κ1) is 12.6. The number of hydrogen-bond donors (Lipinski definition) is 0. The number of aromatic nitrogens is 1. The highest BCUT2D eigenvalue weighted by Gasteiger charge is 2.06. The van der Waals surface area contributed by atoms with Crippen LogP contribution in [0.3, 0.4) is 0 Å². The van der Waals surface area contributed by atoms with Crippen LogP contribution in [0.25, 0.3) is 0 Å². The molecule has 0 aliphatic carbocycles. The van der Waals surface area contributed by atoms with Crippen molar-refractivity contribution >= 4 is 31.9 Å². The van der Waals surface area contributed by atoms with Crippen LogP contribution in [0.15, 0.2) is 41.0 Å². The highest BCUT2D eigenvalue weighted by atomic mass is 79.9. The van der Waals surface area contributed by atoms with E-state index in [1.54, 1.807) is 6.20 Å². The molecule has 0 aliphatic rings. The van der Waals surface area contributed by atoms with Crippen LogP contribution in [0.5, 0.6) is 11.5 Å². The summed E-state index contributed by atoms with van der Waals surface area (Å²) in [5, 5.41) is 0.831. The van der Waals surface area contributed by atoms with E-state index in [4.69, 9.17) is 4.74 Å². The normalized spacial score (nSPS) is 10.3. The van der Waals surface area contributed by atoms with Gasteiger partial charge < -0.3 is 4.74 Å². The quantitative estimate of drug-likeness (QED) is 0.734. The van der Waals surface area contributed by atoms with Crippen molar-refractivity contribution in [1.82, 2.24) is 4.98 Å². The molecule has 1 heterocycles. The molecule has 0 aliphatic heterocycles. The molecule has 2 rings (SSSR count). The van der Waals surface area contributed by atoms with Gasteiger partial charge in [-0.3, -0.25) is 4.98 Å². The van der Waals surface area contributed by atoms with Gasteiger partial charge in [-0.1, -0.05) is 22.0 Å². The monoisotopic (exact) mass is 355 g/mol. The van der Waals surface area contributed by atoms with Crippen LogP contribution in [0.1, 0.15) is 11.3 Å². The molecule has 2 nitrogen and oxygen atoms in total. The number of hydrogen-bond acceptors (Lipinski definition) is 2. The number of aryl methyl sites for hydroxylation is 1. The Kier molecular flexibility index (Phi) is 4.18. The van der Waals surface area contributed by atoms with Gasteiger partial charge in [0.25, 0.3) is 0 Å². The molecule has 0 unspecified atom stereocenters. The summed E-state index contributed by atoms with van der Waals surface area (Å²) in [6, 6.07) is 9.79. The maximum Gasteiger partial charge on any atom is 0.148 e. The maximum atomic E-state index is 5.81. The summed E-state index contributed by atoms with van der Waals surface area (Å²) in [5.74, 6) is 1.57. The highest BCUT2D eigenvalue weighted by Crippen LogP contribution is 2.31. The topological polar surface area (TPSA) is 22.1 Å². The Balaban J connectivity index is 2.28. The Bertz CT molecular complexity index is 529. The van der Waals surface area contributed by atoms with Crippen molar-refractivity contribution in [2.75, 3.05) is 0 Å². The molecule has 0 bridgehead atoms. The average Bonchev–Trinajstić information content (AvgIpc) is 2.34. The van der Waals surface area contributed by atoms with Crippen molar-refractivity contribution in [1.29, 1.82) is 0 Å². The van der Waals surface area contributed by atoms with Gasteiger partial charge in [-0.25, -0.2) is 0 Å². The summed E-state index contributed by atoms with van der Waals surface area (Å²) < 4.78 is 6.76. The van der Waals surface area contributed by atoms with Gasteiger partial charge in [0.1, 0.15) is 11.5 Å². The molecule has 0 atom stereocenters.